The van der Waals surface area contributed by atoms with Gasteiger partial charge in [0.2, 0.25) is 5.91 Å². The lowest BCUT2D eigenvalue weighted by atomic mass is 10.2. The van der Waals surface area contributed by atoms with Crippen LogP contribution in [0.3, 0.4) is 0 Å². The summed E-state index contributed by atoms with van der Waals surface area (Å²) >= 11 is 6.02. The highest BCUT2D eigenvalue weighted by Crippen LogP contribution is 2.26. The van der Waals surface area contributed by atoms with Gasteiger partial charge in [-0.1, -0.05) is 11.6 Å². The normalized spacial score (nSPS) is 11.0. The molecule has 0 saturated carbocycles. The molecule has 0 aliphatic heterocycles. The van der Waals surface area contributed by atoms with Crippen LogP contribution in [-0.2, 0) is 17.9 Å². The van der Waals surface area contributed by atoms with E-state index in [2.05, 4.69) is 10.3 Å². The Bertz CT molecular complexity index is 1420. The van der Waals surface area contributed by atoms with E-state index in [1.807, 2.05) is 30.5 Å². The molecule has 0 spiro atoms. The monoisotopic (exact) mass is 480 g/mol. The first-order chi connectivity index (χ1) is 16.3. The first-order valence-electron chi connectivity index (χ1n) is 10.6. The van der Waals surface area contributed by atoms with Crippen LogP contribution in [0.15, 0.2) is 53.6 Å². The van der Waals surface area contributed by atoms with E-state index in [4.69, 9.17) is 21.1 Å². The van der Waals surface area contributed by atoms with Crippen LogP contribution < -0.4 is 20.3 Å². The second-order valence-corrected chi connectivity index (χ2v) is 8.29. The topological polar surface area (TPSA) is 87.4 Å². The minimum Gasteiger partial charge on any atom is -0.497 e. The molecule has 2 aromatic carbocycles. The molecule has 0 bridgehead atoms. The Hall–Kier alpha value is -3.78. The zero-order valence-corrected chi connectivity index (χ0v) is 20.1. The van der Waals surface area contributed by atoms with Gasteiger partial charge in [-0.15, -0.1) is 0 Å². The van der Waals surface area contributed by atoms with E-state index in [0.29, 0.717) is 27.6 Å². The van der Waals surface area contributed by atoms with Gasteiger partial charge in [-0.3, -0.25) is 18.7 Å². The summed E-state index contributed by atoms with van der Waals surface area (Å²) in [6.07, 6.45) is 1.40. The molecular formula is C25H25ClN4O4. The number of methoxy groups -OCH3 is 2. The maximum absolute atomic E-state index is 13.3. The van der Waals surface area contributed by atoms with Gasteiger partial charge >= 0.3 is 0 Å². The summed E-state index contributed by atoms with van der Waals surface area (Å²) in [7, 11) is 3.14. The largest absolute Gasteiger partial charge is 0.497 e. The fourth-order valence-electron chi connectivity index (χ4n) is 3.93. The van der Waals surface area contributed by atoms with E-state index >= 15 is 0 Å². The Balaban J connectivity index is 1.59. The predicted molar refractivity (Wildman–Crippen MR) is 131 cm³/mol. The van der Waals surface area contributed by atoms with Gasteiger partial charge in [-0.2, -0.15) is 0 Å². The number of amides is 1. The smallest absolute Gasteiger partial charge is 0.263 e. The molecule has 34 heavy (non-hydrogen) atoms. The third-order valence-corrected chi connectivity index (χ3v) is 6.10. The quantitative estimate of drug-likeness (QED) is 0.435. The summed E-state index contributed by atoms with van der Waals surface area (Å²) < 4.78 is 13.8. The predicted octanol–water partition coefficient (Wildman–Crippen LogP) is 3.79. The van der Waals surface area contributed by atoms with Crippen LogP contribution in [0.2, 0.25) is 5.02 Å². The molecule has 0 aliphatic carbocycles. The standard InChI is InChI=1S/C25H25ClN4O4/c1-15-16(2)30(19-7-5-18(26)6-8-19)24-23(15)25(32)29(14-28-24)13-22(31)27-12-17-11-20(33-3)9-10-21(17)34-4/h5-11,14H,12-13H2,1-4H3,(H,27,31). The van der Waals surface area contributed by atoms with E-state index in [0.717, 1.165) is 22.5 Å². The van der Waals surface area contributed by atoms with Gasteiger partial charge in [-0.25, -0.2) is 4.98 Å². The van der Waals surface area contributed by atoms with Crippen molar-refractivity contribution in [1.29, 1.82) is 0 Å². The van der Waals surface area contributed by atoms with Crippen molar-refractivity contribution in [2.24, 2.45) is 0 Å². The number of aryl methyl sites for hydroxylation is 1. The van der Waals surface area contributed by atoms with Crippen LogP contribution in [0, 0.1) is 13.8 Å². The van der Waals surface area contributed by atoms with Crippen molar-refractivity contribution in [3.8, 4) is 17.2 Å². The van der Waals surface area contributed by atoms with E-state index in [1.54, 1.807) is 44.6 Å². The molecule has 9 heteroatoms. The summed E-state index contributed by atoms with van der Waals surface area (Å²) in [5, 5.41) is 3.94. The van der Waals surface area contributed by atoms with Crippen LogP contribution in [-0.4, -0.2) is 34.2 Å². The highest BCUT2D eigenvalue weighted by molar-refractivity contribution is 6.30. The Morgan fingerprint density at radius 1 is 1.09 bits per heavy atom. The molecule has 4 rings (SSSR count). The molecular weight excluding hydrogens is 456 g/mol. The lowest BCUT2D eigenvalue weighted by Gasteiger charge is -2.12. The van der Waals surface area contributed by atoms with Crippen LogP contribution in [0.25, 0.3) is 16.7 Å². The molecule has 1 N–H and O–H groups in total. The fourth-order valence-corrected chi connectivity index (χ4v) is 4.05. The third-order valence-electron chi connectivity index (χ3n) is 5.85. The van der Waals surface area contributed by atoms with E-state index in [-0.39, 0.29) is 24.6 Å². The molecule has 0 radical (unpaired) electrons. The first-order valence-corrected chi connectivity index (χ1v) is 11.0. The lowest BCUT2D eigenvalue weighted by molar-refractivity contribution is -0.121. The van der Waals surface area contributed by atoms with Crippen molar-refractivity contribution in [2.45, 2.75) is 26.9 Å². The van der Waals surface area contributed by atoms with Gasteiger partial charge < -0.3 is 14.8 Å². The molecule has 2 heterocycles. The Morgan fingerprint density at radius 2 is 1.82 bits per heavy atom. The third kappa shape index (κ3) is 4.36. The number of hydrogen-bond donors (Lipinski definition) is 1. The van der Waals surface area contributed by atoms with Gasteiger partial charge in [-0.05, 0) is 61.9 Å². The average molecular weight is 481 g/mol. The van der Waals surface area contributed by atoms with Gasteiger partial charge in [0, 0.05) is 28.5 Å². The molecule has 0 atom stereocenters. The van der Waals surface area contributed by atoms with Crippen molar-refractivity contribution in [3.05, 3.63) is 81.0 Å². The molecule has 0 aliphatic rings. The average Bonchev–Trinajstić information content (AvgIpc) is 3.10. The number of aromatic nitrogens is 3. The summed E-state index contributed by atoms with van der Waals surface area (Å²) in [6.45, 7) is 3.89. The molecule has 8 nitrogen and oxygen atoms in total. The Morgan fingerprint density at radius 3 is 2.50 bits per heavy atom. The Kier molecular flexibility index (Phi) is 6.61. The number of ether oxygens (including phenoxy) is 2. The SMILES string of the molecule is COc1ccc(OC)c(CNC(=O)Cn2cnc3c(c(C)c(C)n3-c3ccc(Cl)cc3)c2=O)c1. The first kappa shape index (κ1) is 23.4. The molecule has 0 fully saturated rings. The molecule has 0 unspecified atom stereocenters. The molecule has 2 aromatic heterocycles. The zero-order chi connectivity index (χ0) is 24.4. The lowest BCUT2D eigenvalue weighted by Crippen LogP contribution is -2.32. The summed E-state index contributed by atoms with van der Waals surface area (Å²) in [5.41, 5.74) is 3.61. The van der Waals surface area contributed by atoms with Crippen LogP contribution in [0.4, 0.5) is 0 Å². The molecule has 4 aromatic rings. The fraction of sp³-hybridized carbons (Fsp3) is 0.240. The zero-order valence-electron chi connectivity index (χ0n) is 19.4. The number of nitrogens with zero attached hydrogens (tertiary/aromatic N) is 3. The molecule has 0 saturated heterocycles. The second kappa shape index (κ2) is 9.61. The summed E-state index contributed by atoms with van der Waals surface area (Å²) in [6, 6.07) is 12.7. The van der Waals surface area contributed by atoms with Crippen molar-refractivity contribution in [1.82, 2.24) is 19.4 Å². The highest BCUT2D eigenvalue weighted by atomic mass is 35.5. The van der Waals surface area contributed by atoms with E-state index < -0.39 is 0 Å². The maximum Gasteiger partial charge on any atom is 0.263 e. The highest BCUT2D eigenvalue weighted by Gasteiger charge is 2.19. The number of halogens is 1. The van der Waals surface area contributed by atoms with Gasteiger partial charge in [0.25, 0.3) is 5.56 Å². The second-order valence-electron chi connectivity index (χ2n) is 7.85. The summed E-state index contributed by atoms with van der Waals surface area (Å²) in [4.78, 5) is 30.4. The van der Waals surface area contributed by atoms with Crippen molar-refractivity contribution >= 4 is 28.5 Å². The number of benzene rings is 2. The van der Waals surface area contributed by atoms with E-state index in [1.165, 1.54) is 10.9 Å². The number of rotatable bonds is 7. The number of carbonyl (C=O) groups is 1. The number of hydrogen-bond acceptors (Lipinski definition) is 5. The minimum atomic E-state index is -0.320. The van der Waals surface area contributed by atoms with E-state index in [9.17, 15) is 9.59 Å². The number of carbonyl (C=O) groups excluding carboxylic acids is 1. The molecule has 176 valence electrons. The number of fused-ring (bicyclic) bond motifs is 1. The van der Waals surface area contributed by atoms with Crippen LogP contribution >= 0.6 is 11.6 Å². The van der Waals surface area contributed by atoms with Crippen LogP contribution in [0.1, 0.15) is 16.8 Å². The number of nitrogens with one attached hydrogen (secondary N) is 1. The maximum atomic E-state index is 13.3. The van der Waals surface area contributed by atoms with Gasteiger partial charge in [0.1, 0.15) is 24.4 Å². The summed E-state index contributed by atoms with van der Waals surface area (Å²) in [5.74, 6) is 0.975. The van der Waals surface area contributed by atoms with Crippen molar-refractivity contribution in [3.63, 3.8) is 0 Å². The minimum absolute atomic E-state index is 0.154. The van der Waals surface area contributed by atoms with Gasteiger partial charge in [0.15, 0.2) is 5.65 Å². The van der Waals surface area contributed by atoms with Crippen molar-refractivity contribution in [2.75, 3.05) is 14.2 Å². The van der Waals surface area contributed by atoms with Crippen LogP contribution in [0.5, 0.6) is 11.5 Å². The van der Waals surface area contributed by atoms with Crippen molar-refractivity contribution < 1.29 is 14.3 Å². The molecule has 1 amide bonds. The Labute approximate surface area is 201 Å². The van der Waals surface area contributed by atoms with Gasteiger partial charge in [0.05, 0.1) is 19.6 Å².